The molecule has 0 aliphatic heterocycles. The van der Waals surface area contributed by atoms with Gasteiger partial charge in [-0.15, -0.1) is 0 Å². The average molecular weight is 358 g/mol. The van der Waals surface area contributed by atoms with E-state index >= 15 is 0 Å². The molecule has 1 amide bonds. The number of fused-ring (bicyclic) bond motifs is 1. The van der Waals surface area contributed by atoms with E-state index in [0.717, 1.165) is 27.7 Å². The van der Waals surface area contributed by atoms with Crippen LogP contribution in [0.5, 0.6) is 0 Å². The number of nitrogens with zero attached hydrogens (tertiary/aromatic N) is 2. The molecule has 3 aromatic rings. The lowest BCUT2D eigenvalue weighted by molar-refractivity contribution is -0.117. The molecule has 0 atom stereocenters. The SMILES string of the molecule is CN(C)c1ccc(C=C(C#N)C(=O)NCCc2c[nH]c3ccccc23)cc1. The lowest BCUT2D eigenvalue weighted by Gasteiger charge is -2.11. The maximum atomic E-state index is 12.3. The second-order valence-electron chi connectivity index (χ2n) is 6.52. The standard InChI is InChI=1S/C22H22N4O/c1-26(2)19-9-7-16(8-10-19)13-18(14-23)22(27)24-12-11-17-15-25-21-6-4-3-5-20(17)21/h3-10,13,15,25H,11-12H2,1-2H3,(H,24,27). The molecule has 1 aromatic heterocycles. The molecule has 3 rings (SSSR count). The number of benzene rings is 2. The molecule has 27 heavy (non-hydrogen) atoms. The van der Waals surface area contributed by atoms with Gasteiger partial charge < -0.3 is 15.2 Å². The van der Waals surface area contributed by atoms with Crippen LogP contribution in [-0.2, 0) is 11.2 Å². The number of carbonyl (C=O) groups is 1. The number of H-pyrrole nitrogens is 1. The van der Waals surface area contributed by atoms with Crippen molar-refractivity contribution in [3.8, 4) is 6.07 Å². The molecule has 0 saturated carbocycles. The van der Waals surface area contributed by atoms with Gasteiger partial charge in [0.25, 0.3) is 5.91 Å². The number of aromatic amines is 1. The highest BCUT2D eigenvalue weighted by Gasteiger charge is 2.09. The summed E-state index contributed by atoms with van der Waals surface area (Å²) in [5.74, 6) is -0.353. The highest BCUT2D eigenvalue weighted by Crippen LogP contribution is 2.18. The molecule has 5 heteroatoms. The number of anilines is 1. The predicted octanol–water partition coefficient (Wildman–Crippen LogP) is 3.50. The number of rotatable bonds is 6. The fourth-order valence-electron chi connectivity index (χ4n) is 2.93. The van der Waals surface area contributed by atoms with Gasteiger partial charge in [0.2, 0.25) is 0 Å². The summed E-state index contributed by atoms with van der Waals surface area (Å²) in [6.07, 6.45) is 4.27. The van der Waals surface area contributed by atoms with Crippen molar-refractivity contribution in [1.29, 1.82) is 5.26 Å². The summed E-state index contributed by atoms with van der Waals surface area (Å²) in [5.41, 5.74) is 4.22. The second-order valence-corrected chi connectivity index (χ2v) is 6.52. The molecule has 0 aliphatic carbocycles. The van der Waals surface area contributed by atoms with Crippen molar-refractivity contribution in [2.75, 3.05) is 25.5 Å². The molecule has 1 heterocycles. The number of hydrogen-bond acceptors (Lipinski definition) is 3. The quantitative estimate of drug-likeness (QED) is 0.523. The Morgan fingerprint density at radius 1 is 1.19 bits per heavy atom. The highest BCUT2D eigenvalue weighted by atomic mass is 16.1. The minimum absolute atomic E-state index is 0.103. The van der Waals surface area contributed by atoms with E-state index in [9.17, 15) is 10.1 Å². The largest absolute Gasteiger partial charge is 0.378 e. The van der Waals surface area contributed by atoms with Gasteiger partial charge in [0.15, 0.2) is 0 Å². The van der Waals surface area contributed by atoms with Crippen LogP contribution in [0, 0.1) is 11.3 Å². The highest BCUT2D eigenvalue weighted by molar-refractivity contribution is 6.01. The first-order valence-electron chi connectivity index (χ1n) is 8.81. The molecule has 2 N–H and O–H groups in total. The Labute approximate surface area is 158 Å². The van der Waals surface area contributed by atoms with Gasteiger partial charge >= 0.3 is 0 Å². The molecular weight excluding hydrogens is 336 g/mol. The van der Waals surface area contributed by atoms with E-state index in [1.807, 2.05) is 73.7 Å². The third-order valence-corrected chi connectivity index (χ3v) is 4.44. The first-order valence-corrected chi connectivity index (χ1v) is 8.81. The van der Waals surface area contributed by atoms with Gasteiger partial charge in [-0.1, -0.05) is 30.3 Å². The van der Waals surface area contributed by atoms with E-state index in [-0.39, 0.29) is 11.5 Å². The molecule has 0 radical (unpaired) electrons. The van der Waals surface area contributed by atoms with Crippen LogP contribution in [0.1, 0.15) is 11.1 Å². The van der Waals surface area contributed by atoms with Gasteiger partial charge in [-0.25, -0.2) is 0 Å². The number of nitrogens with one attached hydrogen (secondary N) is 2. The maximum Gasteiger partial charge on any atom is 0.261 e. The molecule has 136 valence electrons. The molecule has 0 bridgehead atoms. The lowest BCUT2D eigenvalue weighted by atomic mass is 10.1. The third kappa shape index (κ3) is 4.36. The number of amides is 1. The fraction of sp³-hybridized carbons (Fsp3) is 0.182. The van der Waals surface area contributed by atoms with Gasteiger partial charge in [-0.05, 0) is 41.8 Å². The Kier molecular flexibility index (Phi) is 5.58. The van der Waals surface area contributed by atoms with Crippen molar-refractivity contribution in [2.24, 2.45) is 0 Å². The van der Waals surface area contributed by atoms with Crippen LogP contribution in [0.15, 0.2) is 60.3 Å². The Morgan fingerprint density at radius 2 is 1.93 bits per heavy atom. The summed E-state index contributed by atoms with van der Waals surface area (Å²) in [4.78, 5) is 17.5. The molecule has 0 aliphatic rings. The number of hydrogen-bond donors (Lipinski definition) is 2. The molecular formula is C22H22N4O. The van der Waals surface area contributed by atoms with Gasteiger partial charge in [0, 0.05) is 43.4 Å². The van der Waals surface area contributed by atoms with Gasteiger partial charge in [0.05, 0.1) is 0 Å². The monoisotopic (exact) mass is 358 g/mol. The summed E-state index contributed by atoms with van der Waals surface area (Å²) in [6.45, 7) is 0.471. The van der Waals surface area contributed by atoms with E-state index < -0.39 is 0 Å². The molecule has 2 aromatic carbocycles. The Morgan fingerprint density at radius 3 is 2.63 bits per heavy atom. The van der Waals surface area contributed by atoms with Crippen LogP contribution in [0.4, 0.5) is 5.69 Å². The van der Waals surface area contributed by atoms with Crippen LogP contribution >= 0.6 is 0 Å². The minimum Gasteiger partial charge on any atom is -0.378 e. The number of para-hydroxylation sites is 1. The molecule has 5 nitrogen and oxygen atoms in total. The van der Waals surface area contributed by atoms with Crippen LogP contribution in [0.2, 0.25) is 0 Å². The maximum absolute atomic E-state index is 12.3. The summed E-state index contributed by atoms with van der Waals surface area (Å²) in [5, 5.41) is 13.3. The number of carbonyl (C=O) groups excluding carboxylic acids is 1. The zero-order valence-electron chi connectivity index (χ0n) is 15.5. The zero-order valence-corrected chi connectivity index (χ0v) is 15.5. The lowest BCUT2D eigenvalue weighted by Crippen LogP contribution is -2.26. The minimum atomic E-state index is -0.353. The van der Waals surface area contributed by atoms with Crippen molar-refractivity contribution in [3.05, 3.63) is 71.4 Å². The zero-order chi connectivity index (χ0) is 19.2. The van der Waals surface area contributed by atoms with Crippen molar-refractivity contribution < 1.29 is 4.79 Å². The van der Waals surface area contributed by atoms with Crippen molar-refractivity contribution in [2.45, 2.75) is 6.42 Å². The third-order valence-electron chi connectivity index (χ3n) is 4.44. The van der Waals surface area contributed by atoms with Gasteiger partial charge in [-0.2, -0.15) is 5.26 Å². The van der Waals surface area contributed by atoms with Crippen molar-refractivity contribution in [1.82, 2.24) is 10.3 Å². The number of aromatic nitrogens is 1. The molecule has 0 fully saturated rings. The molecule has 0 saturated heterocycles. The fourth-order valence-corrected chi connectivity index (χ4v) is 2.93. The van der Waals surface area contributed by atoms with Crippen LogP contribution in [-0.4, -0.2) is 31.5 Å². The summed E-state index contributed by atoms with van der Waals surface area (Å²) >= 11 is 0. The predicted molar refractivity (Wildman–Crippen MR) is 109 cm³/mol. The van der Waals surface area contributed by atoms with Crippen LogP contribution < -0.4 is 10.2 Å². The van der Waals surface area contributed by atoms with E-state index in [1.54, 1.807) is 6.08 Å². The van der Waals surface area contributed by atoms with Crippen molar-refractivity contribution >= 4 is 28.6 Å². The average Bonchev–Trinajstić information content (AvgIpc) is 3.09. The van der Waals surface area contributed by atoms with E-state index in [2.05, 4.69) is 16.4 Å². The summed E-state index contributed by atoms with van der Waals surface area (Å²) < 4.78 is 0. The van der Waals surface area contributed by atoms with E-state index in [4.69, 9.17) is 0 Å². The summed E-state index contributed by atoms with van der Waals surface area (Å²) in [6, 6.07) is 17.8. The number of nitriles is 1. The van der Waals surface area contributed by atoms with E-state index in [1.165, 1.54) is 0 Å². The van der Waals surface area contributed by atoms with Crippen molar-refractivity contribution in [3.63, 3.8) is 0 Å². The Hall–Kier alpha value is -3.52. The van der Waals surface area contributed by atoms with Gasteiger partial charge in [-0.3, -0.25) is 4.79 Å². The van der Waals surface area contributed by atoms with E-state index in [0.29, 0.717) is 13.0 Å². The smallest absolute Gasteiger partial charge is 0.261 e. The van der Waals surface area contributed by atoms with Crippen LogP contribution in [0.3, 0.4) is 0 Å². The first kappa shape index (κ1) is 18.3. The topological polar surface area (TPSA) is 71.9 Å². The molecule has 0 unspecified atom stereocenters. The van der Waals surface area contributed by atoms with Gasteiger partial charge in [0.1, 0.15) is 11.6 Å². The Bertz CT molecular complexity index is 1010. The van der Waals surface area contributed by atoms with Crippen LogP contribution in [0.25, 0.3) is 17.0 Å². The summed E-state index contributed by atoms with van der Waals surface area (Å²) in [7, 11) is 3.93. The molecule has 0 spiro atoms. The first-order chi connectivity index (χ1) is 13.1. The normalized spacial score (nSPS) is 11.2. The second kappa shape index (κ2) is 8.24. The Balaban J connectivity index is 1.62.